The maximum absolute atomic E-state index is 12.3. The Bertz CT molecular complexity index is 532. The second-order valence-electron chi connectivity index (χ2n) is 6.33. The molecule has 5 nitrogen and oxygen atoms in total. The van der Waals surface area contributed by atoms with Gasteiger partial charge in [-0.05, 0) is 31.2 Å². The fourth-order valence-corrected chi connectivity index (χ4v) is 3.23. The summed E-state index contributed by atoms with van der Waals surface area (Å²) in [6.45, 7) is 2.11. The zero-order valence-electron chi connectivity index (χ0n) is 13.4. The first-order valence-electron chi connectivity index (χ1n) is 8.46. The van der Waals surface area contributed by atoms with Crippen molar-refractivity contribution in [1.29, 1.82) is 0 Å². The van der Waals surface area contributed by atoms with Gasteiger partial charge >= 0.3 is 0 Å². The van der Waals surface area contributed by atoms with Gasteiger partial charge in [0.05, 0.1) is 6.42 Å². The Kier molecular flexibility index (Phi) is 5.28. The van der Waals surface area contributed by atoms with Crippen LogP contribution in [0.4, 0.5) is 0 Å². The van der Waals surface area contributed by atoms with E-state index in [1.54, 1.807) is 0 Å². The van der Waals surface area contributed by atoms with Crippen LogP contribution in [0, 0.1) is 0 Å². The van der Waals surface area contributed by atoms with Gasteiger partial charge in [-0.3, -0.25) is 9.59 Å². The van der Waals surface area contributed by atoms with Crippen molar-refractivity contribution in [3.8, 4) is 0 Å². The summed E-state index contributed by atoms with van der Waals surface area (Å²) in [7, 11) is 0. The second kappa shape index (κ2) is 7.59. The van der Waals surface area contributed by atoms with Crippen molar-refractivity contribution >= 4 is 11.8 Å². The van der Waals surface area contributed by atoms with Gasteiger partial charge < -0.3 is 15.0 Å². The number of likely N-dealkylation sites (tertiary alicyclic amines) is 1. The number of benzene rings is 1. The maximum atomic E-state index is 12.3. The number of hydrogen-bond acceptors (Lipinski definition) is 3. The van der Waals surface area contributed by atoms with Crippen LogP contribution >= 0.6 is 0 Å². The lowest BCUT2D eigenvalue weighted by Crippen LogP contribution is -2.49. The van der Waals surface area contributed by atoms with Crippen LogP contribution in [-0.4, -0.2) is 48.6 Å². The minimum absolute atomic E-state index is 0.0107. The minimum Gasteiger partial charge on any atom is -0.368 e. The quantitative estimate of drug-likeness (QED) is 0.916. The molecule has 23 heavy (non-hydrogen) atoms. The van der Waals surface area contributed by atoms with Crippen molar-refractivity contribution in [2.45, 2.75) is 44.2 Å². The highest BCUT2D eigenvalue weighted by Crippen LogP contribution is 2.15. The molecule has 1 N–H and O–H groups in total. The highest BCUT2D eigenvalue weighted by molar-refractivity contribution is 5.81. The average Bonchev–Trinajstić information content (AvgIpc) is 3.11. The van der Waals surface area contributed by atoms with E-state index in [-0.39, 0.29) is 24.0 Å². The van der Waals surface area contributed by atoms with Crippen LogP contribution in [0.3, 0.4) is 0 Å². The molecule has 2 fully saturated rings. The van der Waals surface area contributed by atoms with Crippen molar-refractivity contribution in [3.63, 3.8) is 0 Å². The molecule has 0 saturated carbocycles. The summed E-state index contributed by atoms with van der Waals surface area (Å²) < 4.78 is 5.41. The van der Waals surface area contributed by atoms with E-state index in [1.807, 2.05) is 35.2 Å². The van der Waals surface area contributed by atoms with E-state index in [9.17, 15) is 9.59 Å². The van der Waals surface area contributed by atoms with Gasteiger partial charge in [0.2, 0.25) is 11.8 Å². The Hall–Kier alpha value is -1.88. The third kappa shape index (κ3) is 4.32. The molecule has 2 saturated heterocycles. The molecule has 1 aromatic carbocycles. The number of rotatable bonds is 4. The number of nitrogens with zero attached hydrogens (tertiary/aromatic N) is 1. The molecule has 2 aliphatic heterocycles. The standard InChI is InChI=1S/C18H24N2O3/c21-17(13-14-5-2-1-3-6-14)20-10-8-15(9-11-20)19-18(22)16-7-4-12-23-16/h1-3,5-6,15-16H,4,7-13H2,(H,19,22). The topological polar surface area (TPSA) is 58.6 Å². The Labute approximate surface area is 137 Å². The predicted molar refractivity (Wildman–Crippen MR) is 86.9 cm³/mol. The average molecular weight is 316 g/mol. The van der Waals surface area contributed by atoms with E-state index in [4.69, 9.17) is 4.74 Å². The third-order valence-electron chi connectivity index (χ3n) is 4.61. The highest BCUT2D eigenvalue weighted by atomic mass is 16.5. The first-order valence-corrected chi connectivity index (χ1v) is 8.46. The van der Waals surface area contributed by atoms with Crippen molar-refractivity contribution in [3.05, 3.63) is 35.9 Å². The van der Waals surface area contributed by atoms with E-state index in [0.717, 1.165) is 31.2 Å². The van der Waals surface area contributed by atoms with Crippen LogP contribution in [-0.2, 0) is 20.7 Å². The molecule has 0 spiro atoms. The second-order valence-corrected chi connectivity index (χ2v) is 6.33. The Morgan fingerprint density at radius 3 is 2.52 bits per heavy atom. The number of carbonyl (C=O) groups is 2. The highest BCUT2D eigenvalue weighted by Gasteiger charge is 2.28. The molecule has 1 aromatic rings. The van der Waals surface area contributed by atoms with Crippen LogP contribution in [0.1, 0.15) is 31.2 Å². The molecule has 0 aliphatic carbocycles. The monoisotopic (exact) mass is 316 g/mol. The van der Waals surface area contributed by atoms with Gasteiger partial charge in [0.15, 0.2) is 0 Å². The van der Waals surface area contributed by atoms with Crippen molar-refractivity contribution < 1.29 is 14.3 Å². The lowest BCUT2D eigenvalue weighted by atomic mass is 10.0. The zero-order valence-corrected chi connectivity index (χ0v) is 13.4. The van der Waals surface area contributed by atoms with E-state index in [2.05, 4.69) is 5.32 Å². The smallest absolute Gasteiger partial charge is 0.249 e. The van der Waals surface area contributed by atoms with Gasteiger partial charge in [-0.2, -0.15) is 0 Å². The minimum atomic E-state index is -0.271. The largest absolute Gasteiger partial charge is 0.368 e. The molecule has 2 amide bonds. The number of hydrogen-bond donors (Lipinski definition) is 1. The summed E-state index contributed by atoms with van der Waals surface area (Å²) in [5, 5.41) is 3.07. The van der Waals surface area contributed by atoms with Crippen molar-refractivity contribution in [1.82, 2.24) is 10.2 Å². The summed E-state index contributed by atoms with van der Waals surface area (Å²) in [5.41, 5.74) is 1.05. The fourth-order valence-electron chi connectivity index (χ4n) is 3.23. The number of amides is 2. The number of nitrogens with one attached hydrogen (secondary N) is 1. The Morgan fingerprint density at radius 2 is 1.87 bits per heavy atom. The molecule has 3 rings (SSSR count). The molecular weight excluding hydrogens is 292 g/mol. The van der Waals surface area contributed by atoms with Crippen molar-refractivity contribution in [2.75, 3.05) is 19.7 Å². The first-order chi connectivity index (χ1) is 11.2. The summed E-state index contributed by atoms with van der Waals surface area (Å²) in [6.07, 6.45) is 3.60. The van der Waals surface area contributed by atoms with E-state index < -0.39 is 0 Å². The molecule has 124 valence electrons. The molecule has 2 aliphatic rings. The van der Waals surface area contributed by atoms with Gasteiger partial charge in [0.1, 0.15) is 6.10 Å². The van der Waals surface area contributed by atoms with Crippen LogP contribution in [0.25, 0.3) is 0 Å². The Balaban J connectivity index is 1.42. The lowest BCUT2D eigenvalue weighted by molar-refractivity contribution is -0.132. The summed E-state index contributed by atoms with van der Waals surface area (Å²) in [4.78, 5) is 26.3. The van der Waals surface area contributed by atoms with Gasteiger partial charge in [0, 0.05) is 25.7 Å². The molecule has 1 unspecified atom stereocenters. The van der Waals surface area contributed by atoms with Crippen LogP contribution in [0.15, 0.2) is 30.3 Å². The molecule has 1 atom stereocenters. The number of piperidine rings is 1. The van der Waals surface area contributed by atoms with E-state index in [0.29, 0.717) is 26.1 Å². The van der Waals surface area contributed by atoms with Gasteiger partial charge in [-0.15, -0.1) is 0 Å². The lowest BCUT2D eigenvalue weighted by Gasteiger charge is -2.33. The van der Waals surface area contributed by atoms with Crippen molar-refractivity contribution in [2.24, 2.45) is 0 Å². The summed E-state index contributed by atoms with van der Waals surface area (Å²) in [5.74, 6) is 0.177. The zero-order chi connectivity index (χ0) is 16.1. The molecule has 5 heteroatoms. The SMILES string of the molecule is O=C(NC1CCN(C(=O)Cc2ccccc2)CC1)C1CCCO1. The van der Waals surface area contributed by atoms with Crippen LogP contribution in [0.2, 0.25) is 0 Å². The van der Waals surface area contributed by atoms with Crippen LogP contribution < -0.4 is 5.32 Å². The number of carbonyl (C=O) groups excluding carboxylic acids is 2. The van der Waals surface area contributed by atoms with Gasteiger partial charge in [-0.1, -0.05) is 30.3 Å². The maximum Gasteiger partial charge on any atom is 0.249 e. The van der Waals surface area contributed by atoms with Gasteiger partial charge in [0.25, 0.3) is 0 Å². The van der Waals surface area contributed by atoms with E-state index in [1.165, 1.54) is 0 Å². The third-order valence-corrected chi connectivity index (χ3v) is 4.61. The molecular formula is C18H24N2O3. The molecule has 0 radical (unpaired) electrons. The Morgan fingerprint density at radius 1 is 1.13 bits per heavy atom. The normalized spacial score (nSPS) is 22.1. The van der Waals surface area contributed by atoms with Gasteiger partial charge in [-0.25, -0.2) is 0 Å². The van der Waals surface area contributed by atoms with E-state index >= 15 is 0 Å². The summed E-state index contributed by atoms with van der Waals surface area (Å²) >= 11 is 0. The predicted octanol–water partition coefficient (Wildman–Crippen LogP) is 1.52. The fraction of sp³-hybridized carbons (Fsp3) is 0.556. The number of ether oxygens (including phenoxy) is 1. The molecule has 0 aromatic heterocycles. The van der Waals surface area contributed by atoms with Crippen LogP contribution in [0.5, 0.6) is 0 Å². The molecule has 0 bridgehead atoms. The summed E-state index contributed by atoms with van der Waals surface area (Å²) in [6, 6.07) is 9.98. The molecule has 2 heterocycles. The first kappa shape index (κ1) is 16.0.